The van der Waals surface area contributed by atoms with E-state index in [2.05, 4.69) is 31.2 Å². The van der Waals surface area contributed by atoms with Gasteiger partial charge in [0.25, 0.3) is 0 Å². The zero-order chi connectivity index (χ0) is 9.54. The van der Waals surface area contributed by atoms with Crippen molar-refractivity contribution in [1.29, 1.82) is 0 Å². The number of aromatic nitrogens is 1. The number of aryl methyl sites for hydroxylation is 3. The number of hydrogen-bond acceptors (Lipinski definition) is 1. The fourth-order valence-corrected chi connectivity index (χ4v) is 2.30. The molecule has 70 valence electrons. The Morgan fingerprint density at radius 2 is 2.14 bits per heavy atom. The first-order chi connectivity index (χ1) is 6.84. The first-order valence-corrected chi connectivity index (χ1v) is 5.23. The molecule has 1 aromatic carbocycles. The van der Waals surface area contributed by atoms with E-state index in [1.54, 1.807) is 0 Å². The molecule has 0 aliphatic heterocycles. The summed E-state index contributed by atoms with van der Waals surface area (Å²) in [6.45, 7) is 2.16. The van der Waals surface area contributed by atoms with Gasteiger partial charge in [0.2, 0.25) is 0 Å². The van der Waals surface area contributed by atoms with E-state index >= 15 is 0 Å². The minimum atomic E-state index is 1.16. The molecule has 0 fully saturated rings. The van der Waals surface area contributed by atoms with E-state index in [9.17, 15) is 0 Å². The number of pyridine rings is 1. The van der Waals surface area contributed by atoms with Crippen LogP contribution in [0.15, 0.2) is 24.3 Å². The Bertz CT molecular complexity index is 500. The van der Waals surface area contributed by atoms with Crippen LogP contribution in [0.25, 0.3) is 10.9 Å². The van der Waals surface area contributed by atoms with E-state index in [0.717, 1.165) is 5.52 Å². The molecule has 0 radical (unpaired) electrons. The van der Waals surface area contributed by atoms with Crippen LogP contribution in [0.5, 0.6) is 0 Å². The van der Waals surface area contributed by atoms with Crippen molar-refractivity contribution in [2.75, 3.05) is 0 Å². The molecule has 1 aliphatic rings. The van der Waals surface area contributed by atoms with Gasteiger partial charge in [-0.3, -0.25) is 4.98 Å². The number of benzene rings is 1. The lowest BCUT2D eigenvalue weighted by Crippen LogP contribution is -1.90. The van der Waals surface area contributed by atoms with Crippen LogP contribution in [0.4, 0.5) is 0 Å². The van der Waals surface area contributed by atoms with Gasteiger partial charge in [0.15, 0.2) is 0 Å². The van der Waals surface area contributed by atoms with Gasteiger partial charge in [-0.2, -0.15) is 0 Å². The van der Waals surface area contributed by atoms with Crippen LogP contribution in [0.1, 0.15) is 23.2 Å². The third kappa shape index (κ3) is 1.05. The van der Waals surface area contributed by atoms with Gasteiger partial charge in [-0.05, 0) is 49.4 Å². The predicted molar refractivity (Wildman–Crippen MR) is 58.5 cm³/mol. The van der Waals surface area contributed by atoms with Gasteiger partial charge in [-0.15, -0.1) is 0 Å². The lowest BCUT2D eigenvalue weighted by molar-refractivity contribution is 0.901. The molecule has 1 heterocycles. The van der Waals surface area contributed by atoms with Gasteiger partial charge in [0, 0.05) is 11.1 Å². The molecule has 0 bridgehead atoms. The minimum absolute atomic E-state index is 1.16. The Morgan fingerprint density at radius 3 is 3.07 bits per heavy atom. The van der Waals surface area contributed by atoms with Gasteiger partial charge in [-0.1, -0.05) is 12.1 Å². The quantitative estimate of drug-likeness (QED) is 0.611. The molecule has 0 N–H and O–H groups in total. The Balaban J connectivity index is 2.39. The monoisotopic (exact) mass is 183 g/mol. The first-order valence-electron chi connectivity index (χ1n) is 5.23. The highest BCUT2D eigenvalue weighted by atomic mass is 14.7. The Hall–Kier alpha value is -1.37. The third-order valence-electron chi connectivity index (χ3n) is 3.11. The van der Waals surface area contributed by atoms with Gasteiger partial charge >= 0.3 is 0 Å². The van der Waals surface area contributed by atoms with Gasteiger partial charge in [0.05, 0.1) is 5.52 Å². The lowest BCUT2D eigenvalue weighted by Gasteiger charge is -2.04. The van der Waals surface area contributed by atoms with Crippen molar-refractivity contribution in [3.63, 3.8) is 0 Å². The van der Waals surface area contributed by atoms with Crippen LogP contribution in [-0.2, 0) is 12.8 Å². The second-order valence-corrected chi connectivity index (χ2v) is 4.09. The third-order valence-corrected chi connectivity index (χ3v) is 3.11. The van der Waals surface area contributed by atoms with Crippen LogP contribution >= 0.6 is 0 Å². The van der Waals surface area contributed by atoms with Gasteiger partial charge < -0.3 is 0 Å². The van der Waals surface area contributed by atoms with E-state index in [-0.39, 0.29) is 0 Å². The van der Waals surface area contributed by atoms with Crippen molar-refractivity contribution < 1.29 is 0 Å². The highest BCUT2D eigenvalue weighted by Gasteiger charge is 2.13. The summed E-state index contributed by atoms with van der Waals surface area (Å²) < 4.78 is 0. The Morgan fingerprint density at radius 1 is 1.21 bits per heavy atom. The van der Waals surface area contributed by atoms with Crippen molar-refractivity contribution in [2.24, 2.45) is 0 Å². The van der Waals surface area contributed by atoms with E-state index in [1.807, 2.05) is 0 Å². The molecule has 0 spiro atoms. The van der Waals surface area contributed by atoms with Crippen LogP contribution in [0.3, 0.4) is 0 Å². The molecule has 0 unspecified atom stereocenters. The van der Waals surface area contributed by atoms with Crippen molar-refractivity contribution >= 4 is 10.9 Å². The molecule has 2 aromatic rings. The average Bonchev–Trinajstić information content (AvgIpc) is 2.62. The van der Waals surface area contributed by atoms with Crippen molar-refractivity contribution in [1.82, 2.24) is 4.98 Å². The topological polar surface area (TPSA) is 12.9 Å². The first kappa shape index (κ1) is 7.98. The summed E-state index contributed by atoms with van der Waals surface area (Å²) in [6, 6.07) is 8.69. The second-order valence-electron chi connectivity index (χ2n) is 4.09. The molecule has 0 saturated heterocycles. The molecule has 1 heteroatoms. The summed E-state index contributed by atoms with van der Waals surface area (Å²) in [5.74, 6) is 0. The SMILES string of the molecule is Cc1cccc2nc3c(cc12)CCC3. The van der Waals surface area contributed by atoms with E-state index in [0.29, 0.717) is 0 Å². The van der Waals surface area contributed by atoms with Crippen LogP contribution < -0.4 is 0 Å². The molecule has 1 aliphatic carbocycles. The number of fused-ring (bicyclic) bond motifs is 2. The second kappa shape index (κ2) is 2.81. The van der Waals surface area contributed by atoms with E-state index in [1.165, 1.54) is 41.5 Å². The van der Waals surface area contributed by atoms with Crippen LogP contribution in [0.2, 0.25) is 0 Å². The maximum atomic E-state index is 4.72. The summed E-state index contributed by atoms with van der Waals surface area (Å²) in [5, 5.41) is 1.33. The molecule has 1 nitrogen and oxygen atoms in total. The normalized spacial score (nSPS) is 14.6. The van der Waals surface area contributed by atoms with Crippen LogP contribution in [0, 0.1) is 6.92 Å². The molecular formula is C13H13N. The molecule has 0 atom stereocenters. The summed E-state index contributed by atoms with van der Waals surface area (Å²) in [7, 11) is 0. The molecule has 3 rings (SSSR count). The summed E-state index contributed by atoms with van der Waals surface area (Å²) in [4.78, 5) is 4.72. The largest absolute Gasteiger partial charge is 0.253 e. The summed E-state index contributed by atoms with van der Waals surface area (Å²) >= 11 is 0. The van der Waals surface area contributed by atoms with E-state index < -0.39 is 0 Å². The molecular weight excluding hydrogens is 170 g/mol. The number of rotatable bonds is 0. The van der Waals surface area contributed by atoms with Gasteiger partial charge in [-0.25, -0.2) is 0 Å². The Labute approximate surface area is 83.8 Å². The highest BCUT2D eigenvalue weighted by molar-refractivity contribution is 5.83. The van der Waals surface area contributed by atoms with Gasteiger partial charge in [0.1, 0.15) is 0 Å². The minimum Gasteiger partial charge on any atom is -0.253 e. The molecule has 0 amide bonds. The van der Waals surface area contributed by atoms with Crippen molar-refractivity contribution in [3.05, 3.63) is 41.1 Å². The molecule has 14 heavy (non-hydrogen) atoms. The maximum absolute atomic E-state index is 4.72. The average molecular weight is 183 g/mol. The fourth-order valence-electron chi connectivity index (χ4n) is 2.30. The van der Waals surface area contributed by atoms with Crippen LogP contribution in [-0.4, -0.2) is 4.98 Å². The predicted octanol–water partition coefficient (Wildman–Crippen LogP) is 3.03. The summed E-state index contributed by atoms with van der Waals surface area (Å²) in [5.41, 5.74) is 5.28. The van der Waals surface area contributed by atoms with E-state index in [4.69, 9.17) is 4.98 Å². The smallest absolute Gasteiger partial charge is 0.0708 e. The van der Waals surface area contributed by atoms with Crippen molar-refractivity contribution in [3.8, 4) is 0 Å². The molecule has 0 saturated carbocycles. The summed E-state index contributed by atoms with van der Waals surface area (Å²) in [6.07, 6.45) is 3.66. The number of nitrogens with zero attached hydrogens (tertiary/aromatic N) is 1. The maximum Gasteiger partial charge on any atom is 0.0708 e. The standard InChI is InChI=1S/C13H13N/c1-9-4-2-7-13-11(9)8-10-5-3-6-12(10)14-13/h2,4,7-8H,3,5-6H2,1H3. The number of hydrogen-bond donors (Lipinski definition) is 0. The lowest BCUT2D eigenvalue weighted by atomic mass is 10.1. The zero-order valence-corrected chi connectivity index (χ0v) is 8.38. The molecule has 1 aromatic heterocycles. The van der Waals surface area contributed by atoms with Crippen molar-refractivity contribution in [2.45, 2.75) is 26.2 Å². The fraction of sp³-hybridized carbons (Fsp3) is 0.308. The zero-order valence-electron chi connectivity index (χ0n) is 8.38. The highest BCUT2D eigenvalue weighted by Crippen LogP contribution is 2.25. The Kier molecular flexibility index (Phi) is 1.60.